The number of carbonyl (C=O) groups is 2. The number of ether oxygens (including phenoxy) is 3. The van der Waals surface area contributed by atoms with Crippen LogP contribution in [0.25, 0.3) is 0 Å². The highest BCUT2D eigenvalue weighted by Gasteiger charge is 2.81. The monoisotopic (exact) mass is 444 g/mol. The fourth-order valence-electron chi connectivity index (χ4n) is 8.16. The quantitative estimate of drug-likeness (QED) is 0.499. The Balaban J connectivity index is 1.45. The average Bonchev–Trinajstić information content (AvgIpc) is 3.42. The van der Waals surface area contributed by atoms with Crippen LogP contribution in [0, 0.1) is 28.6 Å². The highest BCUT2D eigenvalue weighted by Crippen LogP contribution is 2.76. The molecule has 0 aromatic rings. The van der Waals surface area contributed by atoms with E-state index in [2.05, 4.69) is 19.9 Å². The molecule has 0 aromatic carbocycles. The molecule has 5 aliphatic rings. The molecule has 0 aromatic heterocycles. The number of hydrogen-bond acceptors (Lipinski definition) is 6. The van der Waals surface area contributed by atoms with Crippen LogP contribution in [0.4, 0.5) is 0 Å². The molecule has 0 amide bonds. The number of fused-ring (bicyclic) bond motifs is 3. The number of Topliss-reactive ketones (excluding diaryl/α,β-unsaturated/α-hetero) is 1. The van der Waals surface area contributed by atoms with Gasteiger partial charge in [-0.15, -0.1) is 0 Å². The van der Waals surface area contributed by atoms with Gasteiger partial charge < -0.3 is 19.3 Å². The van der Waals surface area contributed by atoms with Crippen LogP contribution >= 0.6 is 0 Å². The lowest BCUT2D eigenvalue weighted by molar-refractivity contribution is -0.180. The summed E-state index contributed by atoms with van der Waals surface area (Å²) in [4.78, 5) is 25.5. The Morgan fingerprint density at radius 2 is 2.06 bits per heavy atom. The van der Waals surface area contributed by atoms with Crippen molar-refractivity contribution in [2.75, 3.05) is 13.2 Å². The van der Waals surface area contributed by atoms with Crippen molar-refractivity contribution >= 4 is 11.6 Å². The summed E-state index contributed by atoms with van der Waals surface area (Å²) in [5.41, 5.74) is -1.46. The lowest BCUT2D eigenvalue weighted by atomic mass is 9.46. The summed E-state index contributed by atoms with van der Waals surface area (Å²) in [7, 11) is 0. The molecule has 4 aliphatic carbocycles. The normalized spacial score (nSPS) is 49.4. The van der Waals surface area contributed by atoms with Crippen LogP contribution in [-0.4, -0.2) is 53.5 Å². The summed E-state index contributed by atoms with van der Waals surface area (Å²) >= 11 is 0. The van der Waals surface area contributed by atoms with Gasteiger partial charge in [-0.2, -0.15) is 0 Å². The molecular formula is C26H36O6. The maximum atomic E-state index is 13.4. The van der Waals surface area contributed by atoms with Gasteiger partial charge in [0.05, 0.1) is 6.10 Å². The van der Waals surface area contributed by atoms with Crippen LogP contribution in [0.3, 0.4) is 0 Å². The number of rotatable bonds is 6. The third kappa shape index (κ3) is 2.61. The molecule has 3 saturated carbocycles. The second-order valence-corrected chi connectivity index (χ2v) is 11.0. The van der Waals surface area contributed by atoms with Crippen molar-refractivity contribution in [2.45, 2.75) is 83.9 Å². The summed E-state index contributed by atoms with van der Waals surface area (Å²) in [6.07, 6.45) is 8.25. The number of epoxide rings is 1. The molecule has 4 fully saturated rings. The first kappa shape index (κ1) is 22.5. The van der Waals surface area contributed by atoms with E-state index >= 15 is 0 Å². The Morgan fingerprint density at radius 3 is 2.78 bits per heavy atom. The van der Waals surface area contributed by atoms with E-state index < -0.39 is 17.3 Å². The van der Waals surface area contributed by atoms with Gasteiger partial charge in [0.15, 0.2) is 17.9 Å². The van der Waals surface area contributed by atoms with Gasteiger partial charge in [0, 0.05) is 17.4 Å². The lowest BCUT2D eigenvalue weighted by Crippen LogP contribution is -2.62. The molecule has 32 heavy (non-hydrogen) atoms. The minimum atomic E-state index is -1.45. The second kappa shape index (κ2) is 7.08. The summed E-state index contributed by atoms with van der Waals surface area (Å²) < 4.78 is 17.6. The molecule has 6 heteroatoms. The van der Waals surface area contributed by atoms with Crippen molar-refractivity contribution in [3.8, 4) is 0 Å². The SMILES string of the molecule is CCOC(C)OCC(=O)[C@@]1(O)[C@@H](C)C[C@H]2[C@@H]3CCC4=CC(=O)C=C[C@]4(C)[C@]34O[C@@H]4C[C@@]21C. The Kier molecular flexibility index (Phi) is 4.97. The van der Waals surface area contributed by atoms with Crippen LogP contribution in [0.15, 0.2) is 23.8 Å². The van der Waals surface area contributed by atoms with Crippen LogP contribution < -0.4 is 0 Å². The summed E-state index contributed by atoms with van der Waals surface area (Å²) in [5, 5.41) is 12.0. The zero-order valence-corrected chi connectivity index (χ0v) is 19.8. The van der Waals surface area contributed by atoms with E-state index in [4.69, 9.17) is 14.2 Å². The Labute approximate surface area is 190 Å². The van der Waals surface area contributed by atoms with Crippen molar-refractivity contribution in [3.05, 3.63) is 23.8 Å². The zero-order valence-electron chi connectivity index (χ0n) is 19.8. The third-order valence-electron chi connectivity index (χ3n) is 9.79. The minimum absolute atomic E-state index is 0.0202. The van der Waals surface area contributed by atoms with Gasteiger partial charge in [-0.3, -0.25) is 9.59 Å². The molecular weight excluding hydrogens is 408 g/mol. The Morgan fingerprint density at radius 1 is 1.31 bits per heavy atom. The van der Waals surface area contributed by atoms with Crippen LogP contribution in [0.5, 0.6) is 0 Å². The van der Waals surface area contributed by atoms with E-state index in [9.17, 15) is 14.7 Å². The fraction of sp³-hybridized carbons (Fsp3) is 0.769. The molecule has 1 aliphatic heterocycles. The van der Waals surface area contributed by atoms with Gasteiger partial charge in [0.1, 0.15) is 17.8 Å². The largest absolute Gasteiger partial charge is 0.381 e. The van der Waals surface area contributed by atoms with Crippen molar-refractivity contribution in [3.63, 3.8) is 0 Å². The van der Waals surface area contributed by atoms with E-state index in [0.29, 0.717) is 13.0 Å². The van der Waals surface area contributed by atoms with Gasteiger partial charge in [-0.1, -0.05) is 25.5 Å². The molecule has 1 N–H and O–H groups in total. The van der Waals surface area contributed by atoms with Crippen molar-refractivity contribution < 1.29 is 28.9 Å². The predicted molar refractivity (Wildman–Crippen MR) is 118 cm³/mol. The predicted octanol–water partition coefficient (Wildman–Crippen LogP) is 3.37. The number of aliphatic hydroxyl groups is 1. The third-order valence-corrected chi connectivity index (χ3v) is 9.79. The first-order chi connectivity index (χ1) is 15.0. The Hall–Kier alpha value is -1.34. The first-order valence-electron chi connectivity index (χ1n) is 12.2. The number of allylic oxidation sites excluding steroid dienone is 2. The van der Waals surface area contributed by atoms with Crippen LogP contribution in [0.1, 0.15) is 60.3 Å². The van der Waals surface area contributed by atoms with Crippen LogP contribution in [-0.2, 0) is 23.8 Å². The van der Waals surface area contributed by atoms with Gasteiger partial charge >= 0.3 is 0 Å². The standard InChI is InChI=1S/C26H36O6/c1-6-30-16(3)31-14-21(28)25(29)15(2)11-20-19-8-7-17-12-18(27)9-10-23(17,4)26(19)22(32-26)13-24(20,25)5/h9-10,12,15-16,19-20,22,29H,6-8,11,13-14H2,1-5H3/t15-,16?,19-,20-,22+,23-,24-,25-,26-/m0/s1. The van der Waals surface area contributed by atoms with Gasteiger partial charge in [0.25, 0.3) is 0 Å². The molecule has 176 valence electrons. The second-order valence-electron chi connectivity index (χ2n) is 11.0. The van der Waals surface area contributed by atoms with Crippen molar-refractivity contribution in [2.24, 2.45) is 28.6 Å². The van der Waals surface area contributed by atoms with Crippen LogP contribution in [0.2, 0.25) is 0 Å². The lowest BCUT2D eigenvalue weighted by Gasteiger charge is -2.55. The zero-order chi connectivity index (χ0) is 23.1. The number of hydrogen-bond donors (Lipinski definition) is 1. The Bertz CT molecular complexity index is 908. The van der Waals surface area contributed by atoms with E-state index in [-0.39, 0.29) is 53.0 Å². The molecule has 6 nitrogen and oxygen atoms in total. The first-order valence-corrected chi connectivity index (χ1v) is 12.2. The molecule has 0 radical (unpaired) electrons. The van der Waals surface area contributed by atoms with E-state index in [1.54, 1.807) is 19.1 Å². The number of carbonyl (C=O) groups excluding carboxylic acids is 2. The molecule has 1 saturated heterocycles. The highest BCUT2D eigenvalue weighted by atomic mass is 16.7. The van der Waals surface area contributed by atoms with E-state index in [1.165, 1.54) is 5.57 Å². The average molecular weight is 445 g/mol. The molecule has 1 unspecified atom stereocenters. The maximum Gasteiger partial charge on any atom is 0.190 e. The fourth-order valence-corrected chi connectivity index (χ4v) is 8.16. The maximum absolute atomic E-state index is 13.4. The number of ketones is 2. The van der Waals surface area contributed by atoms with E-state index in [0.717, 1.165) is 19.3 Å². The van der Waals surface area contributed by atoms with Gasteiger partial charge in [-0.05, 0) is 76.4 Å². The summed E-state index contributed by atoms with van der Waals surface area (Å²) in [5.74, 6) is 0.0814. The minimum Gasteiger partial charge on any atom is -0.381 e. The topological polar surface area (TPSA) is 85.4 Å². The van der Waals surface area contributed by atoms with Gasteiger partial charge in [0.2, 0.25) is 0 Å². The summed E-state index contributed by atoms with van der Waals surface area (Å²) in [6.45, 7) is 10.3. The highest BCUT2D eigenvalue weighted by molar-refractivity contribution is 6.01. The van der Waals surface area contributed by atoms with Crippen molar-refractivity contribution in [1.82, 2.24) is 0 Å². The molecule has 9 atom stereocenters. The molecule has 0 bridgehead atoms. The summed E-state index contributed by atoms with van der Waals surface area (Å²) in [6, 6.07) is 0. The smallest absolute Gasteiger partial charge is 0.190 e. The molecule has 1 spiro atoms. The molecule has 1 heterocycles. The molecule has 5 rings (SSSR count). The van der Waals surface area contributed by atoms with Gasteiger partial charge in [-0.25, -0.2) is 0 Å². The van der Waals surface area contributed by atoms with Crippen molar-refractivity contribution in [1.29, 1.82) is 0 Å². The van der Waals surface area contributed by atoms with E-state index in [1.807, 2.05) is 13.8 Å².